The van der Waals surface area contributed by atoms with Gasteiger partial charge in [-0.3, -0.25) is 0 Å². The van der Waals surface area contributed by atoms with Crippen molar-refractivity contribution in [3.8, 4) is 0 Å². The summed E-state index contributed by atoms with van der Waals surface area (Å²) < 4.78 is 5.28. The Kier molecular flexibility index (Phi) is 6.50. The SMILES string of the molecule is CCCCCCC=CN1CCOCC1. The van der Waals surface area contributed by atoms with Crippen LogP contribution in [0.2, 0.25) is 0 Å². The standard InChI is InChI=1S/C12H23NO/c1-2-3-4-5-6-7-8-13-9-11-14-12-10-13/h7-8H,2-6,9-12H2,1H3. The smallest absolute Gasteiger partial charge is 0.0642 e. The molecule has 0 amide bonds. The number of unbranched alkanes of at least 4 members (excludes halogenated alkanes) is 4. The van der Waals surface area contributed by atoms with E-state index < -0.39 is 0 Å². The second kappa shape index (κ2) is 7.86. The van der Waals surface area contributed by atoms with Crippen molar-refractivity contribution in [2.75, 3.05) is 26.3 Å². The summed E-state index contributed by atoms with van der Waals surface area (Å²) in [5.41, 5.74) is 0. The minimum Gasteiger partial charge on any atom is -0.378 e. The van der Waals surface area contributed by atoms with Crippen LogP contribution in [0.3, 0.4) is 0 Å². The molecule has 2 heteroatoms. The molecule has 0 aromatic carbocycles. The number of nitrogens with zero attached hydrogens (tertiary/aromatic N) is 1. The van der Waals surface area contributed by atoms with E-state index in [9.17, 15) is 0 Å². The van der Waals surface area contributed by atoms with Crippen LogP contribution in [-0.4, -0.2) is 31.2 Å². The Morgan fingerprint density at radius 3 is 2.64 bits per heavy atom. The van der Waals surface area contributed by atoms with Gasteiger partial charge in [0.15, 0.2) is 0 Å². The normalized spacial score (nSPS) is 17.9. The van der Waals surface area contributed by atoms with Gasteiger partial charge in [0.1, 0.15) is 0 Å². The van der Waals surface area contributed by atoms with Crippen LogP contribution in [0.5, 0.6) is 0 Å². The molecule has 1 saturated heterocycles. The molecule has 1 rings (SSSR count). The highest BCUT2D eigenvalue weighted by molar-refractivity contribution is 4.83. The van der Waals surface area contributed by atoms with Crippen molar-refractivity contribution in [3.63, 3.8) is 0 Å². The average molecular weight is 197 g/mol. The number of allylic oxidation sites excluding steroid dienone is 1. The van der Waals surface area contributed by atoms with E-state index in [4.69, 9.17) is 4.74 Å². The highest BCUT2D eigenvalue weighted by atomic mass is 16.5. The van der Waals surface area contributed by atoms with Crippen molar-refractivity contribution in [3.05, 3.63) is 12.3 Å². The molecule has 1 aliphatic heterocycles. The summed E-state index contributed by atoms with van der Waals surface area (Å²) >= 11 is 0. The first-order chi connectivity index (χ1) is 6.93. The molecule has 1 aliphatic rings. The molecule has 1 heterocycles. The molecule has 0 bridgehead atoms. The quantitative estimate of drug-likeness (QED) is 0.607. The van der Waals surface area contributed by atoms with Gasteiger partial charge in [-0.05, 0) is 19.0 Å². The fourth-order valence-corrected chi connectivity index (χ4v) is 1.64. The maximum atomic E-state index is 5.28. The lowest BCUT2D eigenvalue weighted by Crippen LogP contribution is -2.31. The van der Waals surface area contributed by atoms with Crippen LogP contribution in [0.15, 0.2) is 12.3 Å². The topological polar surface area (TPSA) is 12.5 Å². The highest BCUT2D eigenvalue weighted by Crippen LogP contribution is 2.04. The van der Waals surface area contributed by atoms with Gasteiger partial charge in [-0.25, -0.2) is 0 Å². The summed E-state index contributed by atoms with van der Waals surface area (Å²) in [4.78, 5) is 2.35. The molecule has 0 aromatic heterocycles. The molecular formula is C12H23NO. The van der Waals surface area contributed by atoms with Crippen molar-refractivity contribution in [1.29, 1.82) is 0 Å². The van der Waals surface area contributed by atoms with Crippen LogP contribution in [-0.2, 0) is 4.74 Å². The van der Waals surface area contributed by atoms with Gasteiger partial charge in [0, 0.05) is 13.1 Å². The third-order valence-electron chi connectivity index (χ3n) is 2.59. The lowest BCUT2D eigenvalue weighted by molar-refractivity contribution is 0.0593. The third-order valence-corrected chi connectivity index (χ3v) is 2.59. The van der Waals surface area contributed by atoms with E-state index >= 15 is 0 Å². The molecule has 2 nitrogen and oxygen atoms in total. The number of ether oxygens (including phenoxy) is 1. The maximum Gasteiger partial charge on any atom is 0.0642 e. The molecule has 0 spiro atoms. The number of hydrogen-bond acceptors (Lipinski definition) is 2. The van der Waals surface area contributed by atoms with Gasteiger partial charge in [-0.15, -0.1) is 0 Å². The third kappa shape index (κ3) is 5.28. The summed E-state index contributed by atoms with van der Waals surface area (Å²) in [6.45, 7) is 6.15. The Labute approximate surface area is 87.9 Å². The molecule has 0 atom stereocenters. The van der Waals surface area contributed by atoms with Crippen LogP contribution in [0.4, 0.5) is 0 Å². The van der Waals surface area contributed by atoms with Gasteiger partial charge in [0.25, 0.3) is 0 Å². The zero-order valence-corrected chi connectivity index (χ0v) is 9.37. The molecule has 0 radical (unpaired) electrons. The minimum absolute atomic E-state index is 0.889. The molecular weight excluding hydrogens is 174 g/mol. The first kappa shape index (κ1) is 11.6. The molecule has 14 heavy (non-hydrogen) atoms. The summed E-state index contributed by atoms with van der Waals surface area (Å²) in [5.74, 6) is 0. The van der Waals surface area contributed by atoms with Gasteiger partial charge >= 0.3 is 0 Å². The molecule has 1 fully saturated rings. The van der Waals surface area contributed by atoms with Crippen molar-refractivity contribution in [1.82, 2.24) is 4.90 Å². The Hall–Kier alpha value is -0.500. The number of hydrogen-bond donors (Lipinski definition) is 0. The monoisotopic (exact) mass is 197 g/mol. The lowest BCUT2D eigenvalue weighted by Gasteiger charge is -2.24. The summed E-state index contributed by atoms with van der Waals surface area (Å²) in [6, 6.07) is 0. The summed E-state index contributed by atoms with van der Waals surface area (Å²) in [6.07, 6.45) is 11.2. The molecule has 82 valence electrons. The largest absolute Gasteiger partial charge is 0.378 e. The van der Waals surface area contributed by atoms with Gasteiger partial charge < -0.3 is 9.64 Å². The van der Waals surface area contributed by atoms with Crippen LogP contribution in [0, 0.1) is 0 Å². The predicted molar refractivity (Wildman–Crippen MR) is 60.3 cm³/mol. The van der Waals surface area contributed by atoms with Crippen molar-refractivity contribution >= 4 is 0 Å². The minimum atomic E-state index is 0.889. The number of rotatable bonds is 6. The molecule has 0 aromatic rings. The Bertz CT molecular complexity index is 150. The maximum absolute atomic E-state index is 5.28. The van der Waals surface area contributed by atoms with Crippen LogP contribution in [0.1, 0.15) is 39.0 Å². The van der Waals surface area contributed by atoms with E-state index in [1.165, 1.54) is 32.1 Å². The Morgan fingerprint density at radius 2 is 1.93 bits per heavy atom. The summed E-state index contributed by atoms with van der Waals surface area (Å²) in [5, 5.41) is 0. The van der Waals surface area contributed by atoms with Gasteiger partial charge in [0.05, 0.1) is 13.2 Å². The predicted octanol–water partition coefficient (Wildman–Crippen LogP) is 2.80. The molecule has 0 N–H and O–H groups in total. The van der Waals surface area contributed by atoms with E-state index in [1.54, 1.807) is 0 Å². The zero-order chi connectivity index (χ0) is 10.1. The van der Waals surface area contributed by atoms with Gasteiger partial charge in [0.2, 0.25) is 0 Å². The van der Waals surface area contributed by atoms with Crippen molar-refractivity contribution in [2.24, 2.45) is 0 Å². The van der Waals surface area contributed by atoms with Crippen molar-refractivity contribution < 1.29 is 4.74 Å². The van der Waals surface area contributed by atoms with E-state index in [1.807, 2.05) is 0 Å². The van der Waals surface area contributed by atoms with E-state index in [-0.39, 0.29) is 0 Å². The molecule has 0 aliphatic carbocycles. The second-order valence-electron chi connectivity index (χ2n) is 3.88. The van der Waals surface area contributed by atoms with Crippen LogP contribution in [0.25, 0.3) is 0 Å². The first-order valence-corrected chi connectivity index (χ1v) is 5.92. The van der Waals surface area contributed by atoms with Gasteiger partial charge in [-0.2, -0.15) is 0 Å². The van der Waals surface area contributed by atoms with Crippen LogP contribution < -0.4 is 0 Å². The van der Waals surface area contributed by atoms with Crippen LogP contribution >= 0.6 is 0 Å². The second-order valence-corrected chi connectivity index (χ2v) is 3.88. The van der Waals surface area contributed by atoms with E-state index in [2.05, 4.69) is 24.1 Å². The highest BCUT2D eigenvalue weighted by Gasteiger charge is 2.04. The van der Waals surface area contributed by atoms with Crippen molar-refractivity contribution in [2.45, 2.75) is 39.0 Å². The lowest BCUT2D eigenvalue weighted by atomic mass is 10.1. The fourth-order valence-electron chi connectivity index (χ4n) is 1.64. The Balaban J connectivity index is 1.96. The zero-order valence-electron chi connectivity index (χ0n) is 9.37. The molecule has 0 unspecified atom stereocenters. The number of morpholine rings is 1. The fraction of sp³-hybridized carbons (Fsp3) is 0.833. The molecule has 0 saturated carbocycles. The first-order valence-electron chi connectivity index (χ1n) is 5.92. The Morgan fingerprint density at radius 1 is 1.14 bits per heavy atom. The van der Waals surface area contributed by atoms with E-state index in [0.717, 1.165) is 26.3 Å². The van der Waals surface area contributed by atoms with Gasteiger partial charge in [-0.1, -0.05) is 32.3 Å². The summed E-state index contributed by atoms with van der Waals surface area (Å²) in [7, 11) is 0. The average Bonchev–Trinajstić information content (AvgIpc) is 2.25. The van der Waals surface area contributed by atoms with E-state index in [0.29, 0.717) is 0 Å².